The molecule has 1 heterocycles. The van der Waals surface area contributed by atoms with E-state index in [1.54, 1.807) is 0 Å². The Morgan fingerprint density at radius 3 is 2.36 bits per heavy atom. The van der Waals surface area contributed by atoms with Gasteiger partial charge < -0.3 is 20.5 Å². The average molecular weight is 446 g/mol. The Hall–Kier alpha value is -4.40. The highest BCUT2D eigenvalue weighted by atomic mass is 16.5. The molecule has 0 bridgehead atoms. The van der Waals surface area contributed by atoms with Crippen molar-refractivity contribution in [3.05, 3.63) is 83.7 Å². The van der Waals surface area contributed by atoms with Crippen molar-refractivity contribution in [3.8, 4) is 11.1 Å². The van der Waals surface area contributed by atoms with Gasteiger partial charge in [0, 0.05) is 25.6 Å². The molecule has 2 amide bonds. The molecule has 168 valence electrons. The van der Waals surface area contributed by atoms with E-state index in [-0.39, 0.29) is 30.5 Å². The lowest BCUT2D eigenvalue weighted by Gasteiger charge is -2.14. The van der Waals surface area contributed by atoms with Crippen LogP contribution in [-0.4, -0.2) is 46.0 Å². The Bertz CT molecular complexity index is 1200. The first-order valence-electron chi connectivity index (χ1n) is 10.3. The third-order valence-electron chi connectivity index (χ3n) is 5.38. The minimum Gasteiger partial charge on any atom is -0.476 e. The van der Waals surface area contributed by atoms with Gasteiger partial charge in [-0.1, -0.05) is 54.6 Å². The molecule has 0 saturated carbocycles. The standard InChI is InChI=1S/C24H22N4O5/c1-28-22(23(30)31)20(13-26-28)27-21(29)11-6-12-25-24(32)33-14-19-17-9-4-2-7-15(17)16-8-3-5-10-18(16)19/h2-11,13,19H,12,14H2,1H3,(H,25,32)(H,27,29)(H,30,31)/b11-6+. The number of amides is 2. The number of fused-ring (bicyclic) bond motifs is 3. The fourth-order valence-electron chi connectivity index (χ4n) is 3.91. The van der Waals surface area contributed by atoms with E-state index in [1.807, 2.05) is 36.4 Å². The third kappa shape index (κ3) is 4.62. The summed E-state index contributed by atoms with van der Waals surface area (Å²) in [5, 5.41) is 18.0. The summed E-state index contributed by atoms with van der Waals surface area (Å²) in [6.07, 6.45) is 3.29. The molecule has 9 nitrogen and oxygen atoms in total. The van der Waals surface area contributed by atoms with Gasteiger partial charge in [0.15, 0.2) is 5.69 Å². The largest absolute Gasteiger partial charge is 0.476 e. The van der Waals surface area contributed by atoms with Gasteiger partial charge in [-0.15, -0.1) is 0 Å². The number of benzene rings is 2. The van der Waals surface area contributed by atoms with Crippen molar-refractivity contribution in [2.24, 2.45) is 7.05 Å². The van der Waals surface area contributed by atoms with Crippen LogP contribution < -0.4 is 10.6 Å². The number of anilines is 1. The zero-order chi connectivity index (χ0) is 23.4. The monoisotopic (exact) mass is 446 g/mol. The minimum atomic E-state index is -1.20. The number of aromatic nitrogens is 2. The molecule has 3 N–H and O–H groups in total. The number of nitrogens with one attached hydrogen (secondary N) is 2. The number of hydrogen-bond donors (Lipinski definition) is 3. The number of hydrogen-bond acceptors (Lipinski definition) is 5. The molecule has 3 aromatic rings. The number of carboxylic acids is 1. The molecule has 0 fully saturated rings. The van der Waals surface area contributed by atoms with Gasteiger partial charge in [-0.3, -0.25) is 9.48 Å². The van der Waals surface area contributed by atoms with Gasteiger partial charge in [0.25, 0.3) is 0 Å². The number of aromatic carboxylic acids is 1. The van der Waals surface area contributed by atoms with Crippen molar-refractivity contribution < 1.29 is 24.2 Å². The first-order chi connectivity index (χ1) is 16.0. The summed E-state index contributed by atoms with van der Waals surface area (Å²) in [6.45, 7) is 0.270. The number of alkyl carbamates (subject to hydrolysis) is 1. The van der Waals surface area contributed by atoms with Crippen LogP contribution in [0, 0.1) is 0 Å². The lowest BCUT2D eigenvalue weighted by atomic mass is 9.98. The van der Waals surface area contributed by atoms with Crippen LogP contribution in [0.3, 0.4) is 0 Å². The summed E-state index contributed by atoms with van der Waals surface area (Å²) in [5.41, 5.74) is 4.50. The van der Waals surface area contributed by atoms with Gasteiger partial charge in [0.05, 0.1) is 11.9 Å². The number of carbonyl (C=O) groups excluding carboxylic acids is 2. The van der Waals surface area contributed by atoms with Crippen LogP contribution in [0.15, 0.2) is 66.9 Å². The normalized spacial score (nSPS) is 12.3. The van der Waals surface area contributed by atoms with Crippen LogP contribution >= 0.6 is 0 Å². The fourth-order valence-corrected chi connectivity index (χ4v) is 3.91. The molecule has 0 unspecified atom stereocenters. The second-order valence-electron chi connectivity index (χ2n) is 7.43. The molecule has 4 rings (SSSR count). The number of carboxylic acid groups (broad SMARTS) is 1. The van der Waals surface area contributed by atoms with Gasteiger partial charge in [0.1, 0.15) is 6.61 Å². The summed E-state index contributed by atoms with van der Waals surface area (Å²) in [5.74, 6) is -1.78. The summed E-state index contributed by atoms with van der Waals surface area (Å²) >= 11 is 0. The molecule has 2 aromatic carbocycles. The van der Waals surface area contributed by atoms with Crippen LogP contribution in [0.2, 0.25) is 0 Å². The second-order valence-corrected chi connectivity index (χ2v) is 7.43. The number of aryl methyl sites for hydroxylation is 1. The quantitative estimate of drug-likeness (QED) is 0.479. The SMILES string of the molecule is Cn1ncc(NC(=O)/C=C/CNC(=O)OCC2c3ccccc3-c3ccccc32)c1C(=O)O. The molecule has 33 heavy (non-hydrogen) atoms. The van der Waals surface area contributed by atoms with E-state index in [0.717, 1.165) is 26.9 Å². The number of carbonyl (C=O) groups is 3. The molecular weight excluding hydrogens is 424 g/mol. The summed E-state index contributed by atoms with van der Waals surface area (Å²) < 4.78 is 6.58. The Morgan fingerprint density at radius 1 is 1.09 bits per heavy atom. The molecular formula is C24H22N4O5. The predicted molar refractivity (Wildman–Crippen MR) is 121 cm³/mol. The highest BCUT2D eigenvalue weighted by Crippen LogP contribution is 2.44. The van der Waals surface area contributed by atoms with E-state index in [9.17, 15) is 14.4 Å². The van der Waals surface area contributed by atoms with Crippen molar-refractivity contribution in [1.29, 1.82) is 0 Å². The molecule has 0 radical (unpaired) electrons. The smallest absolute Gasteiger partial charge is 0.407 e. The zero-order valence-corrected chi connectivity index (χ0v) is 17.8. The van der Waals surface area contributed by atoms with Gasteiger partial charge in [-0.25, -0.2) is 9.59 Å². The van der Waals surface area contributed by atoms with E-state index >= 15 is 0 Å². The van der Waals surface area contributed by atoms with Gasteiger partial charge in [0.2, 0.25) is 5.91 Å². The van der Waals surface area contributed by atoms with E-state index in [4.69, 9.17) is 9.84 Å². The molecule has 1 aliphatic carbocycles. The maximum atomic E-state index is 12.1. The van der Waals surface area contributed by atoms with Crippen molar-refractivity contribution in [2.75, 3.05) is 18.5 Å². The molecule has 0 saturated heterocycles. The topological polar surface area (TPSA) is 123 Å². The Labute approximate surface area is 189 Å². The predicted octanol–water partition coefficient (Wildman–Crippen LogP) is 3.15. The Kier molecular flexibility index (Phi) is 6.21. The van der Waals surface area contributed by atoms with Crippen LogP contribution in [0.4, 0.5) is 10.5 Å². The molecule has 9 heteroatoms. The summed E-state index contributed by atoms with van der Waals surface area (Å²) in [4.78, 5) is 35.4. The summed E-state index contributed by atoms with van der Waals surface area (Å²) in [6, 6.07) is 16.1. The van der Waals surface area contributed by atoms with Crippen LogP contribution in [-0.2, 0) is 16.6 Å². The van der Waals surface area contributed by atoms with Gasteiger partial charge in [-0.2, -0.15) is 5.10 Å². The zero-order valence-electron chi connectivity index (χ0n) is 17.8. The van der Waals surface area contributed by atoms with Crippen LogP contribution in [0.25, 0.3) is 11.1 Å². The molecule has 0 atom stereocenters. The maximum Gasteiger partial charge on any atom is 0.407 e. The third-order valence-corrected chi connectivity index (χ3v) is 5.38. The van der Waals surface area contributed by atoms with Crippen molar-refractivity contribution in [1.82, 2.24) is 15.1 Å². The number of nitrogens with zero attached hydrogens (tertiary/aromatic N) is 2. The van der Waals surface area contributed by atoms with Gasteiger partial charge in [-0.05, 0) is 22.3 Å². The van der Waals surface area contributed by atoms with Crippen molar-refractivity contribution in [3.63, 3.8) is 0 Å². The molecule has 0 spiro atoms. The number of ether oxygens (including phenoxy) is 1. The first-order valence-corrected chi connectivity index (χ1v) is 10.3. The lowest BCUT2D eigenvalue weighted by Crippen LogP contribution is -2.26. The molecule has 1 aromatic heterocycles. The van der Waals surface area contributed by atoms with E-state index in [1.165, 1.54) is 25.4 Å². The van der Waals surface area contributed by atoms with E-state index < -0.39 is 18.0 Å². The molecule has 1 aliphatic rings. The maximum absolute atomic E-state index is 12.1. The van der Waals surface area contributed by atoms with E-state index in [2.05, 4.69) is 27.9 Å². The van der Waals surface area contributed by atoms with Crippen molar-refractivity contribution in [2.45, 2.75) is 5.92 Å². The minimum absolute atomic E-state index is 0.0348. The fraction of sp³-hybridized carbons (Fsp3) is 0.167. The van der Waals surface area contributed by atoms with Crippen LogP contribution in [0.1, 0.15) is 27.5 Å². The Balaban J connectivity index is 1.27. The van der Waals surface area contributed by atoms with Crippen LogP contribution in [0.5, 0.6) is 0 Å². The first kappa shape index (κ1) is 21.8. The Morgan fingerprint density at radius 2 is 1.73 bits per heavy atom. The summed E-state index contributed by atoms with van der Waals surface area (Å²) in [7, 11) is 1.47. The average Bonchev–Trinajstić information content (AvgIpc) is 3.33. The van der Waals surface area contributed by atoms with Crippen molar-refractivity contribution >= 4 is 23.7 Å². The molecule has 0 aliphatic heterocycles. The number of rotatable bonds is 7. The van der Waals surface area contributed by atoms with E-state index in [0.29, 0.717) is 0 Å². The highest BCUT2D eigenvalue weighted by Gasteiger charge is 2.28. The van der Waals surface area contributed by atoms with Gasteiger partial charge >= 0.3 is 12.1 Å². The lowest BCUT2D eigenvalue weighted by molar-refractivity contribution is -0.111. The second kappa shape index (κ2) is 9.39. The highest BCUT2D eigenvalue weighted by molar-refractivity contribution is 6.03.